The van der Waals surface area contributed by atoms with E-state index in [2.05, 4.69) is 13.8 Å². The van der Waals surface area contributed by atoms with E-state index < -0.39 is 10.8 Å². The van der Waals surface area contributed by atoms with Crippen molar-refractivity contribution in [2.45, 2.75) is 64.0 Å². The molecule has 0 bridgehead atoms. The van der Waals surface area contributed by atoms with Crippen LogP contribution in [0.25, 0.3) is 0 Å². The van der Waals surface area contributed by atoms with E-state index in [4.69, 9.17) is 9.47 Å². The van der Waals surface area contributed by atoms with Crippen molar-refractivity contribution in [1.29, 1.82) is 0 Å². The van der Waals surface area contributed by atoms with E-state index in [0.717, 1.165) is 30.1 Å². The van der Waals surface area contributed by atoms with Crippen LogP contribution in [0.1, 0.15) is 57.9 Å². The van der Waals surface area contributed by atoms with Gasteiger partial charge in [0.05, 0.1) is 0 Å². The van der Waals surface area contributed by atoms with Gasteiger partial charge in [0.15, 0.2) is 11.5 Å². The minimum absolute atomic E-state index is 0. The molecule has 0 N–H and O–H groups in total. The van der Waals surface area contributed by atoms with Crippen LogP contribution in [0.3, 0.4) is 0 Å². The summed E-state index contributed by atoms with van der Waals surface area (Å²) < 4.78 is 23.0. The van der Waals surface area contributed by atoms with Gasteiger partial charge < -0.3 is 9.47 Å². The maximum atomic E-state index is 12.3. The first kappa shape index (κ1) is 21.0. The molecule has 2 rings (SSSR count). The smallest absolute Gasteiger partial charge is 0.454 e. The van der Waals surface area contributed by atoms with E-state index >= 15 is 0 Å². The fourth-order valence-electron chi connectivity index (χ4n) is 2.72. The van der Waals surface area contributed by atoms with Crippen molar-refractivity contribution in [3.05, 3.63) is 23.8 Å². The Labute approximate surface area is 165 Å². The number of hydrogen-bond donors (Lipinski definition) is 0. The third-order valence-corrected chi connectivity index (χ3v) is 5.86. The van der Waals surface area contributed by atoms with Gasteiger partial charge in [-0.25, -0.2) is 0 Å². The molecule has 0 saturated heterocycles. The molecule has 0 saturated carbocycles. The first-order valence-electron chi connectivity index (χ1n) is 8.46. The molecule has 2 unspecified atom stereocenters. The quantitative estimate of drug-likeness (QED) is 0.475. The number of rotatable bonds is 10. The Bertz CT molecular complexity index is 493. The van der Waals surface area contributed by atoms with Crippen LogP contribution >= 0.6 is 0 Å². The van der Waals surface area contributed by atoms with Crippen molar-refractivity contribution in [3.63, 3.8) is 0 Å². The summed E-state index contributed by atoms with van der Waals surface area (Å²) in [6, 6.07) is 6.01. The number of hydrogen-bond acceptors (Lipinski definition) is 3. The minimum Gasteiger partial charge on any atom is -0.454 e. The van der Waals surface area contributed by atoms with Gasteiger partial charge in [0.2, 0.25) is 6.79 Å². The van der Waals surface area contributed by atoms with E-state index in [1.807, 2.05) is 18.2 Å². The van der Waals surface area contributed by atoms with Crippen molar-refractivity contribution in [1.82, 2.24) is 0 Å². The van der Waals surface area contributed by atoms with Gasteiger partial charge in [-0.15, -0.1) is 0 Å². The van der Waals surface area contributed by atoms with Crippen LogP contribution in [0, 0.1) is 0 Å². The minimum atomic E-state index is -0.743. The largest absolute Gasteiger partial charge is 1.00 e. The summed E-state index contributed by atoms with van der Waals surface area (Å²) in [6.07, 6.45) is 8.32. The fourth-order valence-corrected chi connectivity index (χ4v) is 3.99. The van der Waals surface area contributed by atoms with E-state index in [0.29, 0.717) is 6.79 Å². The van der Waals surface area contributed by atoms with E-state index in [9.17, 15) is 4.21 Å². The Morgan fingerprint density at radius 1 is 1.09 bits per heavy atom. The van der Waals surface area contributed by atoms with Gasteiger partial charge in [0, 0.05) is 21.8 Å². The van der Waals surface area contributed by atoms with E-state index in [-0.39, 0.29) is 34.8 Å². The summed E-state index contributed by atoms with van der Waals surface area (Å²) >= 11 is 0. The van der Waals surface area contributed by atoms with Gasteiger partial charge in [-0.2, -0.15) is 0 Å². The monoisotopic (exact) mass is 347 g/mol. The molecular formula is C18H28NaO3S+. The SMILES string of the molecule is CCCCCCCCS(=O)C(C)Cc1ccc2c(c1)OCO2.[Na+]. The molecule has 0 spiro atoms. The third kappa shape index (κ3) is 7.16. The molecular weight excluding hydrogens is 319 g/mol. The molecule has 3 nitrogen and oxygen atoms in total. The molecule has 0 amide bonds. The van der Waals surface area contributed by atoms with Crippen molar-refractivity contribution in [2.75, 3.05) is 12.5 Å². The average Bonchev–Trinajstić information content (AvgIpc) is 2.98. The number of fused-ring (bicyclic) bond motifs is 1. The second-order valence-corrected chi connectivity index (χ2v) is 8.03. The molecule has 1 aromatic rings. The van der Waals surface area contributed by atoms with Crippen LogP contribution in [-0.4, -0.2) is 22.0 Å². The summed E-state index contributed by atoms with van der Waals surface area (Å²) in [6.45, 7) is 4.61. The van der Waals surface area contributed by atoms with Gasteiger partial charge in [-0.05, 0) is 30.5 Å². The van der Waals surface area contributed by atoms with E-state index in [1.165, 1.54) is 37.7 Å². The van der Waals surface area contributed by atoms with Gasteiger partial charge in [0.1, 0.15) is 0 Å². The molecule has 0 radical (unpaired) electrons. The standard InChI is InChI=1S/C18H28O3S.Na/c1-3-4-5-6-7-8-11-22(19)15(2)12-16-9-10-17-18(13-16)21-14-20-17;/h9-10,13,15H,3-8,11-12,14H2,1-2H3;/q;+1. The maximum absolute atomic E-state index is 12.3. The Morgan fingerprint density at radius 2 is 1.78 bits per heavy atom. The van der Waals surface area contributed by atoms with Crippen LogP contribution < -0.4 is 39.0 Å². The second-order valence-electron chi connectivity index (χ2n) is 6.05. The molecule has 1 aliphatic heterocycles. The fraction of sp³-hybridized carbons (Fsp3) is 0.667. The zero-order valence-electron chi connectivity index (χ0n) is 14.8. The zero-order valence-corrected chi connectivity index (χ0v) is 17.6. The van der Waals surface area contributed by atoms with Gasteiger partial charge in [0.25, 0.3) is 0 Å². The zero-order chi connectivity index (χ0) is 15.8. The molecule has 23 heavy (non-hydrogen) atoms. The summed E-state index contributed by atoms with van der Waals surface area (Å²) in [5, 5.41) is 0.191. The summed E-state index contributed by atoms with van der Waals surface area (Å²) in [7, 11) is -0.743. The Morgan fingerprint density at radius 3 is 2.57 bits per heavy atom. The predicted molar refractivity (Wildman–Crippen MR) is 92.1 cm³/mol. The molecule has 1 heterocycles. The molecule has 2 atom stereocenters. The number of unbranched alkanes of at least 4 members (excludes halogenated alkanes) is 5. The average molecular weight is 347 g/mol. The Balaban J connectivity index is 0.00000264. The van der Waals surface area contributed by atoms with Gasteiger partial charge in [-0.1, -0.05) is 52.0 Å². The van der Waals surface area contributed by atoms with Crippen LogP contribution in [0.4, 0.5) is 0 Å². The van der Waals surface area contributed by atoms with Crippen LogP contribution in [0.15, 0.2) is 18.2 Å². The molecule has 5 heteroatoms. The normalized spacial score (nSPS) is 15.0. The third-order valence-electron chi connectivity index (χ3n) is 4.11. The van der Waals surface area contributed by atoms with Crippen molar-refractivity contribution < 1.29 is 43.2 Å². The summed E-state index contributed by atoms with van der Waals surface area (Å²) in [5.41, 5.74) is 1.17. The van der Waals surface area contributed by atoms with Crippen molar-refractivity contribution in [3.8, 4) is 11.5 Å². The molecule has 1 aromatic carbocycles. The Hall–Kier alpha value is -0.0300. The first-order valence-corrected chi connectivity index (χ1v) is 9.84. The summed E-state index contributed by atoms with van der Waals surface area (Å²) in [4.78, 5) is 0. The molecule has 0 aliphatic carbocycles. The molecule has 0 fully saturated rings. The van der Waals surface area contributed by atoms with E-state index in [1.54, 1.807) is 0 Å². The molecule has 0 aromatic heterocycles. The predicted octanol–water partition coefficient (Wildman–Crippen LogP) is 1.46. The van der Waals surface area contributed by atoms with Crippen LogP contribution in [0.5, 0.6) is 11.5 Å². The van der Waals surface area contributed by atoms with Crippen LogP contribution in [-0.2, 0) is 17.2 Å². The van der Waals surface area contributed by atoms with Gasteiger partial charge >= 0.3 is 29.6 Å². The summed E-state index contributed by atoms with van der Waals surface area (Å²) in [5.74, 6) is 2.45. The van der Waals surface area contributed by atoms with Crippen molar-refractivity contribution in [2.24, 2.45) is 0 Å². The number of benzene rings is 1. The number of ether oxygens (including phenoxy) is 2. The first-order chi connectivity index (χ1) is 10.7. The Kier molecular flexibility index (Phi) is 10.5. The van der Waals surface area contributed by atoms with Crippen LogP contribution in [0.2, 0.25) is 0 Å². The second kappa shape index (κ2) is 11.5. The maximum Gasteiger partial charge on any atom is 1.00 e. The molecule has 124 valence electrons. The molecule has 1 aliphatic rings. The van der Waals surface area contributed by atoms with Crippen molar-refractivity contribution >= 4 is 10.8 Å². The van der Waals surface area contributed by atoms with Gasteiger partial charge in [-0.3, -0.25) is 4.21 Å². The topological polar surface area (TPSA) is 35.5 Å².